The first kappa shape index (κ1) is 12.3. The van der Waals surface area contributed by atoms with Crippen molar-refractivity contribution < 1.29 is 9.13 Å². The normalized spacial score (nSPS) is 10.3. The van der Waals surface area contributed by atoms with Crippen LogP contribution in [0.1, 0.15) is 5.56 Å². The van der Waals surface area contributed by atoms with E-state index in [9.17, 15) is 4.39 Å². The molecular formula is C12H8BrClFNO. The van der Waals surface area contributed by atoms with Crippen molar-refractivity contribution in [2.45, 2.75) is 6.61 Å². The summed E-state index contributed by atoms with van der Waals surface area (Å²) < 4.78 is 19.4. The molecule has 5 heteroatoms. The fourth-order valence-corrected chi connectivity index (χ4v) is 2.02. The monoisotopic (exact) mass is 315 g/mol. The summed E-state index contributed by atoms with van der Waals surface area (Å²) in [5, 5.41) is 0.509. The Bertz CT molecular complexity index is 536. The van der Waals surface area contributed by atoms with Crippen LogP contribution in [0.15, 0.2) is 41.0 Å². The van der Waals surface area contributed by atoms with Gasteiger partial charge in [0, 0.05) is 11.8 Å². The lowest BCUT2D eigenvalue weighted by Gasteiger charge is -2.07. The van der Waals surface area contributed by atoms with E-state index in [1.54, 1.807) is 24.3 Å². The van der Waals surface area contributed by atoms with Gasteiger partial charge in [-0.3, -0.25) is 0 Å². The van der Waals surface area contributed by atoms with Crippen LogP contribution in [0.25, 0.3) is 0 Å². The van der Waals surface area contributed by atoms with Gasteiger partial charge in [0.1, 0.15) is 12.4 Å². The van der Waals surface area contributed by atoms with Crippen molar-refractivity contribution >= 4 is 27.5 Å². The molecule has 2 rings (SSSR count). The molecule has 0 N–H and O–H groups in total. The Labute approximate surface area is 112 Å². The number of hydrogen-bond donors (Lipinski definition) is 0. The van der Waals surface area contributed by atoms with Crippen molar-refractivity contribution in [3.05, 3.63) is 57.4 Å². The van der Waals surface area contributed by atoms with Crippen LogP contribution in [0, 0.1) is 5.82 Å². The number of nitrogens with zero attached hydrogens (tertiary/aromatic N) is 1. The van der Waals surface area contributed by atoms with Gasteiger partial charge in [-0.25, -0.2) is 9.37 Å². The molecule has 0 saturated carbocycles. The summed E-state index contributed by atoms with van der Waals surface area (Å²) >= 11 is 9.02. The Morgan fingerprint density at radius 3 is 2.82 bits per heavy atom. The molecule has 1 heterocycles. The highest BCUT2D eigenvalue weighted by molar-refractivity contribution is 9.10. The standard InChI is InChI=1S/C12H8BrClFNO/c13-10-5-9(14)6-16-12(10)17-7-8-3-1-2-4-11(8)15/h1-6H,7H2. The molecule has 0 aliphatic rings. The first-order valence-corrected chi connectivity index (χ1v) is 6.01. The van der Waals surface area contributed by atoms with E-state index in [0.29, 0.717) is 20.9 Å². The maximum atomic E-state index is 13.3. The van der Waals surface area contributed by atoms with Crippen molar-refractivity contribution in [2.75, 3.05) is 0 Å². The molecule has 0 bridgehead atoms. The predicted molar refractivity (Wildman–Crippen MR) is 67.7 cm³/mol. The van der Waals surface area contributed by atoms with E-state index in [4.69, 9.17) is 16.3 Å². The molecule has 0 unspecified atom stereocenters. The fraction of sp³-hybridized carbons (Fsp3) is 0.0833. The van der Waals surface area contributed by atoms with Gasteiger partial charge in [0.05, 0.1) is 9.50 Å². The van der Waals surface area contributed by atoms with Crippen LogP contribution < -0.4 is 4.74 Å². The molecule has 0 radical (unpaired) electrons. The molecule has 2 aromatic rings. The lowest BCUT2D eigenvalue weighted by Crippen LogP contribution is -2.00. The average Bonchev–Trinajstić information content (AvgIpc) is 2.30. The third-order valence-electron chi connectivity index (χ3n) is 2.10. The lowest BCUT2D eigenvalue weighted by molar-refractivity contribution is 0.286. The average molecular weight is 317 g/mol. The zero-order valence-corrected chi connectivity index (χ0v) is 11.0. The molecule has 0 spiro atoms. The summed E-state index contributed by atoms with van der Waals surface area (Å²) in [5.41, 5.74) is 0.483. The number of pyridine rings is 1. The second-order valence-electron chi connectivity index (χ2n) is 3.32. The summed E-state index contributed by atoms with van der Waals surface area (Å²) in [6.45, 7) is 0.125. The molecule has 1 aromatic heterocycles. The molecule has 1 aromatic carbocycles. The Morgan fingerprint density at radius 2 is 2.12 bits per heavy atom. The SMILES string of the molecule is Fc1ccccc1COc1ncc(Cl)cc1Br. The van der Waals surface area contributed by atoms with E-state index < -0.39 is 0 Å². The van der Waals surface area contributed by atoms with Crippen molar-refractivity contribution in [1.29, 1.82) is 0 Å². The van der Waals surface area contributed by atoms with Crippen molar-refractivity contribution in [3.63, 3.8) is 0 Å². The molecule has 88 valence electrons. The summed E-state index contributed by atoms with van der Waals surface area (Å²) in [7, 11) is 0. The molecule has 2 nitrogen and oxygen atoms in total. The van der Waals surface area contributed by atoms with Crippen molar-refractivity contribution in [3.8, 4) is 5.88 Å². The van der Waals surface area contributed by atoms with Crippen LogP contribution in [-0.2, 0) is 6.61 Å². The number of rotatable bonds is 3. The number of halogens is 3. The van der Waals surface area contributed by atoms with Crippen LogP contribution in [0.2, 0.25) is 5.02 Å². The summed E-state index contributed by atoms with van der Waals surface area (Å²) in [4.78, 5) is 4.00. The molecule has 0 fully saturated rings. The summed E-state index contributed by atoms with van der Waals surface area (Å²) in [6.07, 6.45) is 1.48. The van der Waals surface area contributed by atoms with Crippen molar-refractivity contribution in [2.24, 2.45) is 0 Å². The van der Waals surface area contributed by atoms with Gasteiger partial charge < -0.3 is 4.74 Å². The van der Waals surface area contributed by atoms with Gasteiger partial charge in [-0.1, -0.05) is 29.8 Å². The van der Waals surface area contributed by atoms with Crippen molar-refractivity contribution in [1.82, 2.24) is 4.98 Å². The van der Waals surface area contributed by atoms with E-state index in [-0.39, 0.29) is 12.4 Å². The number of ether oxygens (including phenoxy) is 1. The van der Waals surface area contributed by atoms with Gasteiger partial charge in [0.2, 0.25) is 5.88 Å². The van der Waals surface area contributed by atoms with E-state index in [2.05, 4.69) is 20.9 Å². The highest BCUT2D eigenvalue weighted by atomic mass is 79.9. The number of aromatic nitrogens is 1. The second kappa shape index (κ2) is 5.47. The Balaban J connectivity index is 2.10. The molecule has 17 heavy (non-hydrogen) atoms. The van der Waals surface area contributed by atoms with Crippen LogP contribution in [0.5, 0.6) is 5.88 Å². The fourth-order valence-electron chi connectivity index (χ4n) is 1.27. The Kier molecular flexibility index (Phi) is 3.97. The van der Waals surface area contributed by atoms with Gasteiger partial charge in [0.25, 0.3) is 0 Å². The lowest BCUT2D eigenvalue weighted by atomic mass is 10.2. The Hall–Kier alpha value is -1.13. The summed E-state index contributed by atoms with van der Waals surface area (Å²) in [6, 6.07) is 8.12. The highest BCUT2D eigenvalue weighted by Crippen LogP contribution is 2.25. The third kappa shape index (κ3) is 3.17. The Morgan fingerprint density at radius 1 is 1.35 bits per heavy atom. The molecule has 0 saturated heterocycles. The molecule has 0 amide bonds. The zero-order valence-electron chi connectivity index (χ0n) is 8.66. The van der Waals surface area contributed by atoms with Gasteiger partial charge in [-0.2, -0.15) is 0 Å². The number of benzene rings is 1. The maximum absolute atomic E-state index is 13.3. The zero-order chi connectivity index (χ0) is 12.3. The first-order valence-electron chi connectivity index (χ1n) is 4.84. The van der Waals surface area contributed by atoms with Gasteiger partial charge in [-0.15, -0.1) is 0 Å². The molecule has 0 aliphatic heterocycles. The van der Waals surface area contributed by atoms with Crippen LogP contribution in [0.4, 0.5) is 4.39 Å². The van der Waals surface area contributed by atoms with Gasteiger partial charge >= 0.3 is 0 Å². The number of hydrogen-bond acceptors (Lipinski definition) is 2. The summed E-state index contributed by atoms with van der Waals surface area (Å²) in [5.74, 6) is 0.0928. The van der Waals surface area contributed by atoms with E-state index >= 15 is 0 Å². The molecular weight excluding hydrogens is 308 g/mol. The quantitative estimate of drug-likeness (QED) is 0.846. The first-order chi connectivity index (χ1) is 8.16. The maximum Gasteiger partial charge on any atom is 0.228 e. The van der Waals surface area contributed by atoms with Crippen LogP contribution in [0.3, 0.4) is 0 Å². The molecule has 0 aliphatic carbocycles. The minimum absolute atomic E-state index is 0.125. The van der Waals surface area contributed by atoms with Gasteiger partial charge in [0.15, 0.2) is 0 Å². The minimum atomic E-state index is -0.294. The smallest absolute Gasteiger partial charge is 0.228 e. The largest absolute Gasteiger partial charge is 0.472 e. The van der Waals surface area contributed by atoms with Gasteiger partial charge in [-0.05, 0) is 28.1 Å². The topological polar surface area (TPSA) is 22.1 Å². The predicted octanol–water partition coefficient (Wildman–Crippen LogP) is 4.22. The second-order valence-corrected chi connectivity index (χ2v) is 4.61. The van der Waals surface area contributed by atoms with E-state index in [0.717, 1.165) is 0 Å². The third-order valence-corrected chi connectivity index (χ3v) is 2.87. The van der Waals surface area contributed by atoms with E-state index in [1.165, 1.54) is 12.3 Å². The minimum Gasteiger partial charge on any atom is -0.472 e. The van der Waals surface area contributed by atoms with E-state index in [1.807, 2.05) is 0 Å². The van der Waals surface area contributed by atoms with Crippen LogP contribution in [-0.4, -0.2) is 4.98 Å². The van der Waals surface area contributed by atoms with Crippen LogP contribution >= 0.6 is 27.5 Å². The molecule has 0 atom stereocenters. The highest BCUT2D eigenvalue weighted by Gasteiger charge is 2.06.